The van der Waals surface area contributed by atoms with Gasteiger partial charge in [0.05, 0.1) is 50.3 Å². The van der Waals surface area contributed by atoms with Gasteiger partial charge in [-0.3, -0.25) is 29.0 Å². The van der Waals surface area contributed by atoms with Crippen LogP contribution in [-0.4, -0.2) is 118 Å². The summed E-state index contributed by atoms with van der Waals surface area (Å²) in [6, 6.07) is -0.258. The van der Waals surface area contributed by atoms with E-state index in [1.54, 1.807) is 43.9 Å². The van der Waals surface area contributed by atoms with Crippen molar-refractivity contribution in [2.75, 3.05) is 40.3 Å². The third-order valence-corrected chi connectivity index (χ3v) is 7.55. The molecule has 0 aromatic carbocycles. The quantitative estimate of drug-likeness (QED) is 0.458. The van der Waals surface area contributed by atoms with Crippen LogP contribution in [0.3, 0.4) is 0 Å². The number of carbonyl (C=O) groups is 4. The molecule has 4 bridgehead atoms. The number of amides is 4. The van der Waals surface area contributed by atoms with Crippen LogP contribution >= 0.6 is 0 Å². The second-order valence-corrected chi connectivity index (χ2v) is 9.19. The summed E-state index contributed by atoms with van der Waals surface area (Å²) >= 11 is 0. The average Bonchev–Trinajstić information content (AvgIpc) is 3.28. The van der Waals surface area contributed by atoms with Crippen LogP contribution in [0.2, 0.25) is 0 Å². The highest BCUT2D eigenvalue weighted by Crippen LogP contribution is 2.59. The highest BCUT2D eigenvalue weighted by atomic mass is 16.2. The van der Waals surface area contributed by atoms with Gasteiger partial charge in [0.2, 0.25) is 0 Å². The van der Waals surface area contributed by atoms with E-state index in [-0.39, 0.29) is 85.8 Å². The maximum Gasteiger partial charge on any atom is 0.255 e. The van der Waals surface area contributed by atoms with Crippen molar-refractivity contribution in [3.05, 3.63) is 0 Å². The predicted molar refractivity (Wildman–Crippen MR) is 93.7 cm³/mol. The van der Waals surface area contributed by atoms with Gasteiger partial charge >= 0.3 is 0 Å². The van der Waals surface area contributed by atoms with Crippen LogP contribution in [0, 0.1) is 11.8 Å². The molecule has 4 aliphatic heterocycles. The molecule has 2 saturated carbocycles. The monoisotopic (exact) mass is 388 g/mol. The Labute approximate surface area is 162 Å². The normalized spacial score (nSPS) is 42.9. The first-order valence-corrected chi connectivity index (χ1v) is 10.0. The molecule has 6 aliphatic rings. The van der Waals surface area contributed by atoms with E-state index < -0.39 is 0 Å². The molecule has 10 heteroatoms. The molecule has 6 fully saturated rings. The van der Waals surface area contributed by atoms with Crippen LogP contribution in [0.1, 0.15) is 12.8 Å². The molecule has 4 saturated heterocycles. The fraction of sp³-hybridized carbons (Fsp3) is 0.778. The van der Waals surface area contributed by atoms with Gasteiger partial charge in [-0.1, -0.05) is 0 Å². The summed E-state index contributed by atoms with van der Waals surface area (Å²) in [7, 11) is 3.47. The molecule has 2 aliphatic carbocycles. The van der Waals surface area contributed by atoms with Crippen molar-refractivity contribution in [3.8, 4) is 0 Å². The third-order valence-electron chi connectivity index (χ3n) is 7.55. The Morgan fingerprint density at radius 1 is 0.536 bits per heavy atom. The topological polar surface area (TPSA) is 87.7 Å². The van der Waals surface area contributed by atoms with E-state index in [9.17, 15) is 19.2 Å². The van der Waals surface area contributed by atoms with Crippen LogP contribution in [0.15, 0.2) is 0 Å². The zero-order valence-electron chi connectivity index (χ0n) is 16.0. The lowest BCUT2D eigenvalue weighted by Gasteiger charge is -2.43. The van der Waals surface area contributed by atoms with Gasteiger partial charge in [0.15, 0.2) is 0 Å². The van der Waals surface area contributed by atoms with Crippen molar-refractivity contribution in [2.45, 2.75) is 37.0 Å². The standard InChI is InChI=1S/C18H24N6O4/c1-19-5-13(25)21-9-3-10-18-12-4-11(17(9)18)23(21)15(27)7-20(2)8-16(28)24(12)22(10)14(26)6-19/h9-12,17-18H,3-8H2,1-2H3/t9-,10+,11+,12-,17?,18?. The van der Waals surface area contributed by atoms with Crippen LogP contribution in [0.5, 0.6) is 0 Å². The summed E-state index contributed by atoms with van der Waals surface area (Å²) in [6.07, 6.45) is 1.29. The number of hydrazine groups is 2. The predicted octanol–water partition coefficient (Wildman–Crippen LogP) is -2.44. The molecule has 0 spiro atoms. The zero-order chi connectivity index (χ0) is 19.5. The second kappa shape index (κ2) is 5.24. The number of hydrogen-bond donors (Lipinski definition) is 0. The maximum absolute atomic E-state index is 13.2. The van der Waals surface area contributed by atoms with Gasteiger partial charge in [0.25, 0.3) is 23.6 Å². The Bertz CT molecular complexity index is 692. The zero-order valence-corrected chi connectivity index (χ0v) is 16.0. The van der Waals surface area contributed by atoms with Gasteiger partial charge in [-0.2, -0.15) is 0 Å². The fourth-order valence-electron chi connectivity index (χ4n) is 6.90. The van der Waals surface area contributed by atoms with Crippen molar-refractivity contribution in [1.29, 1.82) is 0 Å². The lowest BCUT2D eigenvalue weighted by atomic mass is 9.93. The average molecular weight is 388 g/mol. The summed E-state index contributed by atoms with van der Waals surface area (Å²) in [4.78, 5) is 56.1. The lowest BCUT2D eigenvalue weighted by Crippen LogP contribution is -2.62. The maximum atomic E-state index is 13.2. The number of hydrogen-bond acceptors (Lipinski definition) is 6. The smallest absolute Gasteiger partial charge is 0.255 e. The Morgan fingerprint density at radius 2 is 0.786 bits per heavy atom. The van der Waals surface area contributed by atoms with Crippen LogP contribution < -0.4 is 0 Å². The molecular formula is C18H24N6O4. The Hall–Kier alpha value is -2.20. The summed E-state index contributed by atoms with van der Waals surface area (Å²) < 4.78 is 0. The number of rotatable bonds is 0. The molecule has 0 aromatic heterocycles. The third kappa shape index (κ3) is 1.85. The molecule has 0 radical (unpaired) electrons. The summed E-state index contributed by atoms with van der Waals surface area (Å²) in [6.45, 7) is 0.341. The Kier molecular flexibility index (Phi) is 3.13. The number of carbonyl (C=O) groups excluding carboxylic acids is 4. The first kappa shape index (κ1) is 16.7. The number of fused-ring (bicyclic) bond motifs is 2. The van der Waals surface area contributed by atoms with Gasteiger partial charge in [-0.25, -0.2) is 20.0 Å². The van der Waals surface area contributed by atoms with Gasteiger partial charge in [0.1, 0.15) is 0 Å². The number of likely N-dealkylation sites (N-methyl/N-ethyl adjacent to an activating group) is 2. The van der Waals surface area contributed by atoms with Crippen molar-refractivity contribution in [2.24, 2.45) is 11.8 Å². The fourth-order valence-corrected chi connectivity index (χ4v) is 6.90. The van der Waals surface area contributed by atoms with E-state index in [1.807, 2.05) is 0 Å². The van der Waals surface area contributed by atoms with Gasteiger partial charge < -0.3 is 0 Å². The summed E-state index contributed by atoms with van der Waals surface area (Å²) in [5, 5.41) is 6.88. The Balaban J connectivity index is 1.56. The molecular weight excluding hydrogens is 364 g/mol. The summed E-state index contributed by atoms with van der Waals surface area (Å²) in [5.41, 5.74) is 0. The Morgan fingerprint density at radius 3 is 1.04 bits per heavy atom. The molecule has 150 valence electrons. The van der Waals surface area contributed by atoms with E-state index in [2.05, 4.69) is 0 Å². The molecule has 0 N–H and O–H groups in total. The first-order valence-electron chi connectivity index (χ1n) is 10.0. The molecule has 28 heavy (non-hydrogen) atoms. The van der Waals surface area contributed by atoms with Crippen molar-refractivity contribution in [1.82, 2.24) is 29.8 Å². The van der Waals surface area contributed by atoms with Crippen molar-refractivity contribution in [3.63, 3.8) is 0 Å². The van der Waals surface area contributed by atoms with E-state index in [1.165, 1.54) is 0 Å². The minimum absolute atomic E-state index is 0.0646. The van der Waals surface area contributed by atoms with Gasteiger partial charge in [-0.15, -0.1) is 0 Å². The van der Waals surface area contributed by atoms with E-state index in [4.69, 9.17) is 0 Å². The highest BCUT2D eigenvalue weighted by Gasteiger charge is 2.72. The first-order chi connectivity index (χ1) is 13.4. The van der Waals surface area contributed by atoms with Crippen LogP contribution in [-0.2, 0) is 19.2 Å². The highest BCUT2D eigenvalue weighted by molar-refractivity contribution is 5.90. The lowest BCUT2D eigenvalue weighted by molar-refractivity contribution is -0.178. The van der Waals surface area contributed by atoms with Crippen molar-refractivity contribution < 1.29 is 19.2 Å². The van der Waals surface area contributed by atoms with E-state index in [0.29, 0.717) is 12.8 Å². The summed E-state index contributed by atoms with van der Waals surface area (Å²) in [5.74, 6) is -0.159. The van der Waals surface area contributed by atoms with E-state index >= 15 is 0 Å². The van der Waals surface area contributed by atoms with Gasteiger partial charge in [-0.05, 0) is 26.9 Å². The molecule has 6 atom stereocenters. The molecule has 0 aromatic rings. The minimum Gasteiger partial charge on any atom is -0.289 e. The minimum atomic E-state index is -0.110. The number of nitrogens with zero attached hydrogens (tertiary/aromatic N) is 6. The molecule has 10 nitrogen and oxygen atoms in total. The molecule has 2 unspecified atom stereocenters. The van der Waals surface area contributed by atoms with Crippen molar-refractivity contribution >= 4 is 23.6 Å². The molecule has 4 amide bonds. The largest absolute Gasteiger partial charge is 0.289 e. The van der Waals surface area contributed by atoms with E-state index in [0.717, 1.165) is 0 Å². The second-order valence-electron chi connectivity index (χ2n) is 9.19. The van der Waals surface area contributed by atoms with Crippen LogP contribution in [0.4, 0.5) is 0 Å². The molecule has 4 heterocycles. The van der Waals surface area contributed by atoms with Gasteiger partial charge in [0, 0.05) is 11.8 Å². The molecule has 6 rings (SSSR count). The SMILES string of the molecule is CN1CC(=O)N2[C@@H]3C[C@H]4C5C3[C@@H]3C[C@H]5N(C(=O)CN(C)CC(=O)N32)N4C(=O)C1. The van der Waals surface area contributed by atoms with Crippen LogP contribution in [0.25, 0.3) is 0 Å².